The maximum Gasteiger partial charge on any atom is 0.125 e. The second-order valence-electron chi connectivity index (χ2n) is 5.24. The van der Waals surface area contributed by atoms with Crippen molar-refractivity contribution in [2.45, 2.75) is 20.0 Å². The van der Waals surface area contributed by atoms with Gasteiger partial charge in [-0.1, -0.05) is 18.2 Å². The van der Waals surface area contributed by atoms with E-state index in [1.54, 1.807) is 0 Å². The lowest BCUT2D eigenvalue weighted by atomic mass is 10.1. The molecule has 0 radical (unpaired) electrons. The Labute approximate surface area is 115 Å². The predicted octanol–water partition coefficient (Wildman–Crippen LogP) is 0.948. The fourth-order valence-corrected chi connectivity index (χ4v) is 2.45. The second-order valence-corrected chi connectivity index (χ2v) is 5.24. The number of para-hydroxylation sites is 1. The van der Waals surface area contributed by atoms with Crippen LogP contribution < -0.4 is 10.1 Å². The topological polar surface area (TPSA) is 44.7 Å². The number of nitrogens with one attached hydrogen (secondary N) is 1. The van der Waals surface area contributed by atoms with Crippen LogP contribution in [0, 0.1) is 13.8 Å². The van der Waals surface area contributed by atoms with Crippen molar-refractivity contribution in [1.29, 1.82) is 0 Å². The normalized spacial score (nSPS) is 18.3. The molecule has 1 unspecified atom stereocenters. The first-order valence-electron chi connectivity index (χ1n) is 6.97. The summed E-state index contributed by atoms with van der Waals surface area (Å²) in [5.74, 6) is 0.905. The molecular formula is C15H24N2O2. The Kier molecular flexibility index (Phi) is 5.19. The molecular weight excluding hydrogens is 240 g/mol. The van der Waals surface area contributed by atoms with Gasteiger partial charge in [0, 0.05) is 32.7 Å². The maximum atomic E-state index is 10.1. The number of aryl methyl sites for hydroxylation is 2. The lowest BCUT2D eigenvalue weighted by Crippen LogP contribution is -2.47. The van der Waals surface area contributed by atoms with E-state index >= 15 is 0 Å². The van der Waals surface area contributed by atoms with Gasteiger partial charge in [-0.05, 0) is 25.0 Å². The van der Waals surface area contributed by atoms with Gasteiger partial charge in [0.15, 0.2) is 0 Å². The number of aliphatic hydroxyl groups is 1. The van der Waals surface area contributed by atoms with E-state index in [1.165, 1.54) is 0 Å². The van der Waals surface area contributed by atoms with Crippen LogP contribution in [0.25, 0.3) is 0 Å². The Morgan fingerprint density at radius 2 is 1.89 bits per heavy atom. The number of rotatable bonds is 5. The highest BCUT2D eigenvalue weighted by Crippen LogP contribution is 2.22. The zero-order chi connectivity index (χ0) is 13.7. The molecule has 4 nitrogen and oxygen atoms in total. The highest BCUT2D eigenvalue weighted by atomic mass is 16.5. The van der Waals surface area contributed by atoms with E-state index in [4.69, 9.17) is 4.74 Å². The van der Waals surface area contributed by atoms with Crippen molar-refractivity contribution in [3.63, 3.8) is 0 Å². The smallest absolute Gasteiger partial charge is 0.125 e. The van der Waals surface area contributed by atoms with Crippen LogP contribution in [0.15, 0.2) is 18.2 Å². The Balaban J connectivity index is 1.81. The van der Waals surface area contributed by atoms with Gasteiger partial charge in [-0.3, -0.25) is 4.90 Å². The van der Waals surface area contributed by atoms with E-state index in [2.05, 4.69) is 10.2 Å². The van der Waals surface area contributed by atoms with Crippen LogP contribution in [-0.2, 0) is 0 Å². The lowest BCUT2D eigenvalue weighted by molar-refractivity contribution is 0.0637. The first-order chi connectivity index (χ1) is 9.16. The third kappa shape index (κ3) is 4.20. The highest BCUT2D eigenvalue weighted by Gasteiger charge is 2.15. The molecule has 1 fully saturated rings. The minimum Gasteiger partial charge on any atom is -0.490 e. The van der Waals surface area contributed by atoms with Gasteiger partial charge in [-0.2, -0.15) is 0 Å². The predicted molar refractivity (Wildman–Crippen MR) is 76.7 cm³/mol. The van der Waals surface area contributed by atoms with Gasteiger partial charge in [0.05, 0.1) is 0 Å². The highest BCUT2D eigenvalue weighted by molar-refractivity contribution is 5.39. The van der Waals surface area contributed by atoms with Crippen molar-refractivity contribution in [1.82, 2.24) is 10.2 Å². The van der Waals surface area contributed by atoms with Gasteiger partial charge in [0.1, 0.15) is 18.5 Å². The molecule has 0 aliphatic carbocycles. The molecule has 4 heteroatoms. The van der Waals surface area contributed by atoms with E-state index in [0.717, 1.165) is 43.1 Å². The first kappa shape index (κ1) is 14.3. The van der Waals surface area contributed by atoms with E-state index < -0.39 is 6.10 Å². The third-order valence-corrected chi connectivity index (χ3v) is 3.51. The minimum atomic E-state index is -0.433. The summed E-state index contributed by atoms with van der Waals surface area (Å²) in [6, 6.07) is 6.09. The number of ether oxygens (including phenoxy) is 1. The van der Waals surface area contributed by atoms with E-state index in [0.29, 0.717) is 13.2 Å². The maximum absolute atomic E-state index is 10.1. The zero-order valence-electron chi connectivity index (χ0n) is 11.9. The average Bonchev–Trinajstić information content (AvgIpc) is 2.39. The Morgan fingerprint density at radius 1 is 1.26 bits per heavy atom. The molecule has 1 saturated heterocycles. The summed E-state index contributed by atoms with van der Waals surface area (Å²) in [5, 5.41) is 13.4. The standard InChI is InChI=1S/C15H24N2O2/c1-12-4-3-5-13(2)15(12)19-11-14(18)10-17-8-6-16-7-9-17/h3-5,14,16,18H,6-11H2,1-2H3. The third-order valence-electron chi connectivity index (χ3n) is 3.51. The number of hydrogen-bond acceptors (Lipinski definition) is 4. The molecule has 1 aliphatic rings. The molecule has 1 aromatic carbocycles. The SMILES string of the molecule is Cc1cccc(C)c1OCC(O)CN1CCNCC1. The van der Waals surface area contributed by atoms with Crippen LogP contribution in [-0.4, -0.2) is 55.4 Å². The second kappa shape index (κ2) is 6.89. The van der Waals surface area contributed by atoms with Crippen LogP contribution in [0.5, 0.6) is 5.75 Å². The van der Waals surface area contributed by atoms with Crippen molar-refractivity contribution in [2.75, 3.05) is 39.3 Å². The van der Waals surface area contributed by atoms with Crippen LogP contribution in [0.4, 0.5) is 0 Å². The molecule has 0 aromatic heterocycles. The molecule has 0 bridgehead atoms. The zero-order valence-corrected chi connectivity index (χ0v) is 11.9. The number of benzene rings is 1. The summed E-state index contributed by atoms with van der Waals surface area (Å²) in [6.45, 7) is 9.12. The minimum absolute atomic E-state index is 0.357. The van der Waals surface area contributed by atoms with Gasteiger partial charge in [0.2, 0.25) is 0 Å². The van der Waals surface area contributed by atoms with Crippen molar-refractivity contribution in [2.24, 2.45) is 0 Å². The summed E-state index contributed by atoms with van der Waals surface area (Å²) in [5.41, 5.74) is 2.24. The fraction of sp³-hybridized carbons (Fsp3) is 0.600. The van der Waals surface area contributed by atoms with Crippen molar-refractivity contribution in [3.05, 3.63) is 29.3 Å². The molecule has 0 saturated carbocycles. The Bertz CT molecular complexity index is 383. The monoisotopic (exact) mass is 264 g/mol. The summed E-state index contributed by atoms with van der Waals surface area (Å²) in [4.78, 5) is 2.27. The number of β-amino-alcohol motifs (C(OH)–C–C–N with tert-alkyl or cyclic N) is 1. The summed E-state index contributed by atoms with van der Waals surface area (Å²) >= 11 is 0. The number of piperazine rings is 1. The summed E-state index contributed by atoms with van der Waals surface area (Å²) < 4.78 is 5.78. The molecule has 1 heterocycles. The first-order valence-corrected chi connectivity index (χ1v) is 6.97. The molecule has 2 rings (SSSR count). The van der Waals surface area contributed by atoms with Crippen molar-refractivity contribution >= 4 is 0 Å². The molecule has 1 atom stereocenters. The number of aliphatic hydroxyl groups excluding tert-OH is 1. The molecule has 1 aromatic rings. The van der Waals surface area contributed by atoms with Crippen molar-refractivity contribution < 1.29 is 9.84 Å². The molecule has 19 heavy (non-hydrogen) atoms. The van der Waals surface area contributed by atoms with Gasteiger partial charge < -0.3 is 15.2 Å². The van der Waals surface area contributed by atoms with Crippen molar-refractivity contribution in [3.8, 4) is 5.75 Å². The summed E-state index contributed by atoms with van der Waals surface area (Å²) in [6.07, 6.45) is -0.433. The average molecular weight is 264 g/mol. The van der Waals surface area contributed by atoms with E-state index in [9.17, 15) is 5.11 Å². The lowest BCUT2D eigenvalue weighted by Gasteiger charge is -2.29. The Morgan fingerprint density at radius 3 is 2.53 bits per heavy atom. The largest absolute Gasteiger partial charge is 0.490 e. The van der Waals surface area contributed by atoms with E-state index in [-0.39, 0.29) is 0 Å². The molecule has 0 amide bonds. The van der Waals surface area contributed by atoms with Gasteiger partial charge in [-0.25, -0.2) is 0 Å². The molecule has 1 aliphatic heterocycles. The van der Waals surface area contributed by atoms with Crippen LogP contribution in [0.3, 0.4) is 0 Å². The Hall–Kier alpha value is -1.10. The van der Waals surface area contributed by atoms with Gasteiger partial charge in [0.25, 0.3) is 0 Å². The van der Waals surface area contributed by atoms with Gasteiger partial charge in [-0.15, -0.1) is 0 Å². The quantitative estimate of drug-likeness (QED) is 0.831. The number of nitrogens with zero attached hydrogens (tertiary/aromatic N) is 1. The van der Waals surface area contributed by atoms with Crippen LogP contribution in [0.1, 0.15) is 11.1 Å². The summed E-state index contributed by atoms with van der Waals surface area (Å²) in [7, 11) is 0. The fourth-order valence-electron chi connectivity index (χ4n) is 2.45. The van der Waals surface area contributed by atoms with Crippen LogP contribution in [0.2, 0.25) is 0 Å². The molecule has 0 spiro atoms. The van der Waals surface area contributed by atoms with Gasteiger partial charge >= 0.3 is 0 Å². The molecule has 106 valence electrons. The number of hydrogen-bond donors (Lipinski definition) is 2. The molecule has 2 N–H and O–H groups in total. The van der Waals surface area contributed by atoms with E-state index in [1.807, 2.05) is 32.0 Å². The van der Waals surface area contributed by atoms with Crippen LogP contribution >= 0.6 is 0 Å².